The first-order chi connectivity index (χ1) is 15.2. The first kappa shape index (κ1) is 20.2. The second kappa shape index (κ2) is 9.59. The van der Waals surface area contributed by atoms with Crippen molar-refractivity contribution >= 4 is 22.9 Å². The van der Waals surface area contributed by atoms with Crippen molar-refractivity contribution in [3.63, 3.8) is 0 Å². The van der Waals surface area contributed by atoms with Crippen molar-refractivity contribution in [2.75, 3.05) is 13.7 Å². The number of rotatable bonds is 7. The lowest BCUT2D eigenvalue weighted by atomic mass is 10.0. The molecule has 154 valence electrons. The molecule has 5 nitrogen and oxygen atoms in total. The van der Waals surface area contributed by atoms with E-state index in [0.29, 0.717) is 11.5 Å². The molecule has 0 unspecified atom stereocenters. The highest BCUT2D eigenvalue weighted by atomic mass is 16.5. The topological polar surface area (TPSA) is 59.9 Å². The average molecular weight is 410 g/mol. The van der Waals surface area contributed by atoms with Crippen LogP contribution in [0, 0.1) is 0 Å². The van der Waals surface area contributed by atoms with E-state index in [1.54, 1.807) is 13.3 Å². The fourth-order valence-electron chi connectivity index (χ4n) is 3.31. The Morgan fingerprint density at radius 3 is 2.35 bits per heavy atom. The van der Waals surface area contributed by atoms with Crippen molar-refractivity contribution in [2.24, 2.45) is 5.10 Å². The zero-order chi connectivity index (χ0) is 21.5. The summed E-state index contributed by atoms with van der Waals surface area (Å²) in [5.41, 5.74) is 5.53. The van der Waals surface area contributed by atoms with E-state index in [2.05, 4.69) is 10.5 Å². The molecule has 31 heavy (non-hydrogen) atoms. The molecule has 0 fully saturated rings. The van der Waals surface area contributed by atoms with Crippen LogP contribution in [0.25, 0.3) is 21.9 Å². The smallest absolute Gasteiger partial charge is 0.277 e. The van der Waals surface area contributed by atoms with Gasteiger partial charge >= 0.3 is 0 Å². The third kappa shape index (κ3) is 4.90. The number of hydrogen-bond donors (Lipinski definition) is 1. The van der Waals surface area contributed by atoms with Gasteiger partial charge in [-0.25, -0.2) is 5.43 Å². The van der Waals surface area contributed by atoms with Crippen LogP contribution in [0.5, 0.6) is 11.5 Å². The number of benzene rings is 4. The average Bonchev–Trinajstić information content (AvgIpc) is 2.83. The number of hydrogen-bond acceptors (Lipinski definition) is 4. The quantitative estimate of drug-likeness (QED) is 0.343. The Labute approximate surface area is 180 Å². The van der Waals surface area contributed by atoms with Gasteiger partial charge in [0.2, 0.25) is 0 Å². The molecule has 0 bridgehead atoms. The second-order valence-corrected chi connectivity index (χ2v) is 6.87. The SMILES string of the molecule is COc1ccc2ccccc2c1/C=N\NC(=O)COc1ccc(-c2ccccc2)cc1. The Kier molecular flexibility index (Phi) is 6.24. The predicted octanol–water partition coefficient (Wildman–Crippen LogP) is 5.04. The minimum atomic E-state index is -0.345. The molecule has 0 aliphatic rings. The van der Waals surface area contributed by atoms with E-state index in [4.69, 9.17) is 9.47 Å². The van der Waals surface area contributed by atoms with Gasteiger partial charge in [-0.2, -0.15) is 5.10 Å². The number of ether oxygens (including phenoxy) is 2. The zero-order valence-electron chi connectivity index (χ0n) is 17.1. The van der Waals surface area contributed by atoms with Gasteiger partial charge in [0.05, 0.1) is 13.3 Å². The summed E-state index contributed by atoms with van der Waals surface area (Å²) in [7, 11) is 1.61. The fourth-order valence-corrected chi connectivity index (χ4v) is 3.31. The summed E-state index contributed by atoms with van der Waals surface area (Å²) in [5, 5.41) is 6.14. The van der Waals surface area contributed by atoms with Gasteiger partial charge in [-0.05, 0) is 40.1 Å². The van der Waals surface area contributed by atoms with Crippen LogP contribution in [0.15, 0.2) is 96.1 Å². The Morgan fingerprint density at radius 2 is 1.58 bits per heavy atom. The number of carbonyl (C=O) groups excluding carboxylic acids is 1. The first-order valence-electron chi connectivity index (χ1n) is 9.90. The van der Waals surface area contributed by atoms with E-state index in [-0.39, 0.29) is 12.5 Å². The highest BCUT2D eigenvalue weighted by Crippen LogP contribution is 2.26. The van der Waals surface area contributed by atoms with E-state index >= 15 is 0 Å². The minimum absolute atomic E-state index is 0.130. The van der Waals surface area contributed by atoms with Gasteiger partial charge in [-0.15, -0.1) is 0 Å². The maximum atomic E-state index is 12.1. The minimum Gasteiger partial charge on any atom is -0.496 e. The number of amides is 1. The van der Waals surface area contributed by atoms with Gasteiger partial charge in [0, 0.05) is 5.56 Å². The molecule has 0 saturated heterocycles. The molecule has 5 heteroatoms. The van der Waals surface area contributed by atoms with Crippen LogP contribution in [0.2, 0.25) is 0 Å². The van der Waals surface area contributed by atoms with E-state index in [0.717, 1.165) is 27.5 Å². The molecule has 4 aromatic rings. The molecular weight excluding hydrogens is 388 g/mol. The largest absolute Gasteiger partial charge is 0.496 e. The van der Waals surface area contributed by atoms with Crippen LogP contribution in [-0.4, -0.2) is 25.8 Å². The number of nitrogens with one attached hydrogen (secondary N) is 1. The summed E-state index contributed by atoms with van der Waals surface area (Å²) in [6.45, 7) is -0.130. The van der Waals surface area contributed by atoms with Crippen LogP contribution in [0.1, 0.15) is 5.56 Å². The standard InChI is InChI=1S/C26H22N2O3/c1-30-25-16-13-21-9-5-6-10-23(21)24(25)17-27-28-26(29)18-31-22-14-11-20(12-15-22)19-7-3-2-4-8-19/h2-17H,18H2,1H3,(H,28,29)/b27-17-. The number of nitrogens with zero attached hydrogens (tertiary/aromatic N) is 1. The number of carbonyl (C=O) groups is 1. The summed E-state index contributed by atoms with van der Waals surface area (Å²) in [6.07, 6.45) is 1.59. The van der Waals surface area contributed by atoms with Crippen molar-refractivity contribution < 1.29 is 14.3 Å². The first-order valence-corrected chi connectivity index (χ1v) is 9.90. The van der Waals surface area contributed by atoms with Crippen molar-refractivity contribution in [3.8, 4) is 22.6 Å². The van der Waals surface area contributed by atoms with Gasteiger partial charge in [0.1, 0.15) is 11.5 Å². The monoisotopic (exact) mass is 410 g/mol. The molecule has 1 N–H and O–H groups in total. The highest BCUT2D eigenvalue weighted by Gasteiger charge is 2.07. The van der Waals surface area contributed by atoms with Crippen molar-refractivity contribution in [1.82, 2.24) is 5.43 Å². The molecule has 4 aromatic carbocycles. The van der Waals surface area contributed by atoms with Gasteiger partial charge in [-0.1, -0.05) is 72.8 Å². The number of hydrazone groups is 1. The molecule has 0 saturated carbocycles. The van der Waals surface area contributed by atoms with Crippen LogP contribution in [0.4, 0.5) is 0 Å². The summed E-state index contributed by atoms with van der Waals surface area (Å²) in [5.74, 6) is 0.962. The normalized spacial score (nSPS) is 10.9. The summed E-state index contributed by atoms with van der Waals surface area (Å²) in [4.78, 5) is 12.1. The van der Waals surface area contributed by atoms with E-state index in [1.807, 2.05) is 91.0 Å². The lowest BCUT2D eigenvalue weighted by Gasteiger charge is -2.09. The third-order valence-electron chi connectivity index (χ3n) is 4.86. The van der Waals surface area contributed by atoms with Crippen molar-refractivity contribution in [1.29, 1.82) is 0 Å². The Bertz CT molecular complexity index is 1200. The fraction of sp³-hybridized carbons (Fsp3) is 0.0769. The van der Waals surface area contributed by atoms with Crippen LogP contribution >= 0.6 is 0 Å². The van der Waals surface area contributed by atoms with Gasteiger partial charge in [0.15, 0.2) is 6.61 Å². The molecule has 0 spiro atoms. The Morgan fingerprint density at radius 1 is 0.871 bits per heavy atom. The number of methoxy groups -OCH3 is 1. The molecule has 4 rings (SSSR count). The summed E-state index contributed by atoms with van der Waals surface area (Å²) < 4.78 is 11.0. The molecule has 0 heterocycles. The Balaban J connectivity index is 1.36. The van der Waals surface area contributed by atoms with E-state index < -0.39 is 0 Å². The second-order valence-electron chi connectivity index (χ2n) is 6.87. The number of fused-ring (bicyclic) bond motifs is 1. The molecule has 0 atom stereocenters. The third-order valence-corrected chi connectivity index (χ3v) is 4.86. The predicted molar refractivity (Wildman–Crippen MR) is 124 cm³/mol. The maximum Gasteiger partial charge on any atom is 0.277 e. The zero-order valence-corrected chi connectivity index (χ0v) is 17.1. The summed E-state index contributed by atoms with van der Waals surface area (Å²) in [6, 6.07) is 29.5. The van der Waals surface area contributed by atoms with Gasteiger partial charge in [0.25, 0.3) is 5.91 Å². The van der Waals surface area contributed by atoms with Crippen molar-refractivity contribution in [2.45, 2.75) is 0 Å². The van der Waals surface area contributed by atoms with Crippen LogP contribution < -0.4 is 14.9 Å². The molecular formula is C26H22N2O3. The Hall–Kier alpha value is -4.12. The van der Waals surface area contributed by atoms with E-state index in [1.165, 1.54) is 0 Å². The van der Waals surface area contributed by atoms with Crippen molar-refractivity contribution in [3.05, 3.63) is 96.6 Å². The highest BCUT2D eigenvalue weighted by molar-refractivity contribution is 6.02. The van der Waals surface area contributed by atoms with Crippen LogP contribution in [-0.2, 0) is 4.79 Å². The summed E-state index contributed by atoms with van der Waals surface area (Å²) >= 11 is 0. The van der Waals surface area contributed by atoms with E-state index in [9.17, 15) is 4.79 Å². The molecule has 0 aromatic heterocycles. The van der Waals surface area contributed by atoms with Gasteiger partial charge in [-0.3, -0.25) is 4.79 Å². The lowest BCUT2D eigenvalue weighted by Crippen LogP contribution is -2.24. The molecule has 1 amide bonds. The molecule has 0 aliphatic carbocycles. The lowest BCUT2D eigenvalue weighted by molar-refractivity contribution is -0.123. The van der Waals surface area contributed by atoms with Gasteiger partial charge < -0.3 is 9.47 Å². The maximum absolute atomic E-state index is 12.1. The molecule has 0 aliphatic heterocycles. The van der Waals surface area contributed by atoms with Crippen LogP contribution in [0.3, 0.4) is 0 Å². The molecule has 0 radical (unpaired) electrons.